The van der Waals surface area contributed by atoms with E-state index in [2.05, 4.69) is 71.9 Å². The third-order valence-corrected chi connectivity index (χ3v) is 6.47. The normalized spacial score (nSPS) is 17.2. The fraction of sp³-hybridized carbons (Fsp3) is 0.697. The second-order valence-corrected chi connectivity index (χ2v) is 11.0. The number of hydrogen-bond acceptors (Lipinski definition) is 2. The van der Waals surface area contributed by atoms with Crippen LogP contribution >= 0.6 is 0 Å². The predicted octanol–water partition coefficient (Wildman–Crippen LogP) is 9.96. The van der Waals surface area contributed by atoms with Crippen molar-refractivity contribution in [2.24, 2.45) is 0 Å². The molecule has 2 rings (SSSR count). The van der Waals surface area contributed by atoms with Crippen LogP contribution in [0.2, 0.25) is 0 Å². The molecule has 0 aliphatic heterocycles. The Morgan fingerprint density at radius 2 is 0.943 bits per heavy atom. The third-order valence-electron chi connectivity index (χ3n) is 6.47. The minimum atomic E-state index is 0.295. The summed E-state index contributed by atoms with van der Waals surface area (Å²) in [7, 11) is 0. The molecule has 0 aromatic heterocycles. The van der Waals surface area contributed by atoms with Crippen LogP contribution in [0.3, 0.4) is 0 Å². The topological polar surface area (TPSA) is 29.5 Å². The average Bonchev–Trinajstić information content (AvgIpc) is 3.74. The lowest BCUT2D eigenvalue weighted by atomic mass is 10.0. The first kappa shape index (κ1) is 31.6. The highest BCUT2D eigenvalue weighted by Gasteiger charge is 2.31. The van der Waals surface area contributed by atoms with Crippen molar-refractivity contribution in [3.8, 4) is 0 Å². The van der Waals surface area contributed by atoms with Crippen LogP contribution in [0, 0.1) is 0 Å². The van der Waals surface area contributed by atoms with Gasteiger partial charge in [0.05, 0.1) is 12.2 Å². The van der Waals surface area contributed by atoms with Gasteiger partial charge in [-0.05, 0) is 131 Å². The molecule has 2 saturated carbocycles. The number of hydrogen-bond donors (Lipinski definition) is 1. The molecule has 2 fully saturated rings. The molecule has 0 aromatic carbocycles. The maximum absolute atomic E-state index is 8.86. The van der Waals surface area contributed by atoms with Crippen LogP contribution in [0.5, 0.6) is 0 Å². The first-order chi connectivity index (χ1) is 16.8. The van der Waals surface area contributed by atoms with Gasteiger partial charge in [0.2, 0.25) is 0 Å². The SMILES string of the molecule is C1CC1OC1CC1.CC(C)=CCC/C(C)=C/CC/C(C)=C/CC/C=C(\C)CC/C=C(\C)CCCO. The average molecular weight is 485 g/mol. The second-order valence-electron chi connectivity index (χ2n) is 11.0. The Kier molecular flexibility index (Phi) is 17.9. The van der Waals surface area contributed by atoms with E-state index in [1.165, 1.54) is 79.2 Å². The van der Waals surface area contributed by atoms with Gasteiger partial charge >= 0.3 is 0 Å². The molecule has 2 nitrogen and oxygen atoms in total. The van der Waals surface area contributed by atoms with Crippen molar-refractivity contribution in [2.75, 3.05) is 6.61 Å². The molecule has 0 spiro atoms. The molecule has 0 heterocycles. The molecule has 0 aromatic rings. The van der Waals surface area contributed by atoms with Crippen LogP contribution in [0.1, 0.15) is 131 Å². The van der Waals surface area contributed by atoms with E-state index < -0.39 is 0 Å². The lowest BCUT2D eigenvalue weighted by Gasteiger charge is -2.02. The Balaban J connectivity index is 0.000000725. The maximum atomic E-state index is 8.86. The van der Waals surface area contributed by atoms with E-state index in [1.807, 2.05) is 0 Å². The van der Waals surface area contributed by atoms with Gasteiger partial charge in [0, 0.05) is 6.61 Å². The molecule has 0 amide bonds. The van der Waals surface area contributed by atoms with Gasteiger partial charge in [-0.3, -0.25) is 0 Å². The van der Waals surface area contributed by atoms with Gasteiger partial charge in [0.25, 0.3) is 0 Å². The number of ether oxygens (including phenoxy) is 1. The molecule has 0 unspecified atom stereocenters. The minimum Gasteiger partial charge on any atom is -0.396 e. The summed E-state index contributed by atoms with van der Waals surface area (Å²) in [6.07, 6.45) is 29.7. The number of unbranched alkanes of at least 4 members (excludes halogenated alkanes) is 1. The smallest absolute Gasteiger partial charge is 0.0580 e. The van der Waals surface area contributed by atoms with Crippen LogP contribution in [0.4, 0.5) is 0 Å². The molecule has 2 heteroatoms. The van der Waals surface area contributed by atoms with Gasteiger partial charge in [-0.15, -0.1) is 0 Å². The zero-order valence-corrected chi connectivity index (χ0v) is 24.0. The Hall–Kier alpha value is -1.38. The zero-order valence-electron chi connectivity index (χ0n) is 24.0. The van der Waals surface area contributed by atoms with Crippen molar-refractivity contribution in [2.45, 2.75) is 144 Å². The van der Waals surface area contributed by atoms with Crippen molar-refractivity contribution >= 4 is 0 Å². The van der Waals surface area contributed by atoms with E-state index in [9.17, 15) is 0 Å². The van der Waals surface area contributed by atoms with E-state index in [0.29, 0.717) is 18.8 Å². The van der Waals surface area contributed by atoms with E-state index in [1.54, 1.807) is 0 Å². The molecular weight excluding hydrogens is 428 g/mol. The van der Waals surface area contributed by atoms with E-state index in [4.69, 9.17) is 9.84 Å². The molecule has 0 atom stereocenters. The van der Waals surface area contributed by atoms with Crippen LogP contribution in [-0.2, 0) is 4.74 Å². The Labute approximate surface area is 218 Å². The second kappa shape index (κ2) is 19.8. The highest BCUT2D eigenvalue weighted by molar-refractivity contribution is 5.07. The zero-order chi connectivity index (χ0) is 25.9. The maximum Gasteiger partial charge on any atom is 0.0580 e. The number of aliphatic hydroxyl groups is 1. The largest absolute Gasteiger partial charge is 0.396 e. The van der Waals surface area contributed by atoms with Crippen molar-refractivity contribution in [1.29, 1.82) is 0 Å². The van der Waals surface area contributed by atoms with Crippen molar-refractivity contribution in [3.05, 3.63) is 58.2 Å². The molecule has 0 radical (unpaired) electrons. The van der Waals surface area contributed by atoms with Gasteiger partial charge in [0.15, 0.2) is 0 Å². The molecule has 1 N–H and O–H groups in total. The first-order valence-corrected chi connectivity index (χ1v) is 14.3. The fourth-order valence-corrected chi connectivity index (χ4v) is 3.79. The van der Waals surface area contributed by atoms with Crippen LogP contribution in [0.15, 0.2) is 58.2 Å². The number of rotatable bonds is 17. The third kappa shape index (κ3) is 21.6. The summed E-state index contributed by atoms with van der Waals surface area (Å²) in [5.74, 6) is 0. The summed E-state index contributed by atoms with van der Waals surface area (Å²) >= 11 is 0. The predicted molar refractivity (Wildman–Crippen MR) is 155 cm³/mol. The van der Waals surface area contributed by atoms with E-state index in [0.717, 1.165) is 38.5 Å². The van der Waals surface area contributed by atoms with Crippen LogP contribution < -0.4 is 0 Å². The monoisotopic (exact) mass is 484 g/mol. The molecule has 0 bridgehead atoms. The van der Waals surface area contributed by atoms with Crippen molar-refractivity contribution < 1.29 is 9.84 Å². The molecule has 2 aliphatic rings. The first-order valence-electron chi connectivity index (χ1n) is 14.3. The Morgan fingerprint density at radius 3 is 1.31 bits per heavy atom. The summed E-state index contributed by atoms with van der Waals surface area (Å²) in [4.78, 5) is 0. The van der Waals surface area contributed by atoms with Gasteiger partial charge in [-0.1, -0.05) is 58.2 Å². The Bertz CT molecular complexity index is 697. The number of aliphatic hydroxyl groups excluding tert-OH is 1. The van der Waals surface area contributed by atoms with Crippen molar-refractivity contribution in [1.82, 2.24) is 0 Å². The lowest BCUT2D eigenvalue weighted by Crippen LogP contribution is -1.93. The molecular formula is C33H56O2. The highest BCUT2D eigenvalue weighted by atomic mass is 16.5. The van der Waals surface area contributed by atoms with E-state index in [-0.39, 0.29) is 0 Å². The van der Waals surface area contributed by atoms with Crippen LogP contribution in [0.25, 0.3) is 0 Å². The van der Waals surface area contributed by atoms with Crippen molar-refractivity contribution in [3.63, 3.8) is 0 Å². The fourth-order valence-electron chi connectivity index (χ4n) is 3.79. The summed E-state index contributed by atoms with van der Waals surface area (Å²) < 4.78 is 5.47. The Morgan fingerprint density at radius 1 is 0.571 bits per heavy atom. The van der Waals surface area contributed by atoms with Gasteiger partial charge in [-0.2, -0.15) is 0 Å². The molecule has 200 valence electrons. The van der Waals surface area contributed by atoms with Gasteiger partial charge < -0.3 is 9.84 Å². The standard InChI is InChI=1S/C27H46O.C6H10O/c1-23(2)13-9-16-26(5)19-10-17-24(3)14-7-8-15-25(4)18-11-20-27(6)21-12-22-28;1-2-5(1)7-6-3-4-6/h13-15,19-20,28H,7-12,16-18,21-22H2,1-6H3;5-6H,1-4H2/b24-14+,25-15+,26-19+,27-20+;. The summed E-state index contributed by atoms with van der Waals surface area (Å²) in [5, 5.41) is 8.86. The quantitative estimate of drug-likeness (QED) is 0.164. The van der Waals surface area contributed by atoms with Crippen LogP contribution in [-0.4, -0.2) is 23.9 Å². The summed E-state index contributed by atoms with van der Waals surface area (Å²) in [6.45, 7) is 13.6. The lowest BCUT2D eigenvalue weighted by molar-refractivity contribution is 0.105. The molecule has 35 heavy (non-hydrogen) atoms. The summed E-state index contributed by atoms with van der Waals surface area (Å²) in [5.41, 5.74) is 7.35. The number of allylic oxidation sites excluding steroid dienone is 10. The highest BCUT2D eigenvalue weighted by Crippen LogP contribution is 2.33. The molecule has 2 aliphatic carbocycles. The molecule has 0 saturated heterocycles. The minimum absolute atomic E-state index is 0.295. The van der Waals surface area contributed by atoms with Gasteiger partial charge in [-0.25, -0.2) is 0 Å². The summed E-state index contributed by atoms with van der Waals surface area (Å²) in [6, 6.07) is 0. The van der Waals surface area contributed by atoms with E-state index >= 15 is 0 Å². The van der Waals surface area contributed by atoms with Gasteiger partial charge in [0.1, 0.15) is 0 Å².